The molecular formula is C26H23FN2O4. The molecule has 1 heterocycles. The van der Waals surface area contributed by atoms with E-state index in [4.69, 9.17) is 9.47 Å². The van der Waals surface area contributed by atoms with Crippen molar-refractivity contribution in [3.63, 3.8) is 0 Å². The normalized spacial score (nSPS) is 13.5. The minimum Gasteiger partial charge on any atom is -0.493 e. The summed E-state index contributed by atoms with van der Waals surface area (Å²) in [5.41, 5.74) is 3.90. The van der Waals surface area contributed by atoms with Crippen LogP contribution in [0.5, 0.6) is 11.5 Å². The molecule has 0 aliphatic carbocycles. The van der Waals surface area contributed by atoms with Crippen molar-refractivity contribution >= 4 is 28.8 Å². The fraction of sp³-hybridized carbons (Fsp3) is 0.154. The Balaban J connectivity index is 1.85. The van der Waals surface area contributed by atoms with Crippen LogP contribution < -0.4 is 19.7 Å². The highest BCUT2D eigenvalue weighted by Crippen LogP contribution is 2.37. The molecule has 0 fully saturated rings. The van der Waals surface area contributed by atoms with Crippen molar-refractivity contribution in [3.05, 3.63) is 88.9 Å². The average molecular weight is 446 g/mol. The van der Waals surface area contributed by atoms with Gasteiger partial charge in [0.05, 0.1) is 25.5 Å². The van der Waals surface area contributed by atoms with Crippen LogP contribution in [0.2, 0.25) is 0 Å². The molecule has 1 aliphatic rings. The largest absolute Gasteiger partial charge is 0.493 e. The lowest BCUT2D eigenvalue weighted by Gasteiger charge is -2.15. The molecule has 0 saturated carbocycles. The van der Waals surface area contributed by atoms with Gasteiger partial charge in [-0.15, -0.1) is 0 Å². The van der Waals surface area contributed by atoms with Gasteiger partial charge in [0.15, 0.2) is 11.5 Å². The first-order valence-electron chi connectivity index (χ1n) is 10.3. The van der Waals surface area contributed by atoms with Crippen LogP contribution in [0.15, 0.2) is 66.4 Å². The predicted octanol–water partition coefficient (Wildman–Crippen LogP) is 4.86. The van der Waals surface area contributed by atoms with Crippen molar-refractivity contribution in [2.75, 3.05) is 24.4 Å². The van der Waals surface area contributed by atoms with E-state index in [2.05, 4.69) is 5.32 Å². The van der Waals surface area contributed by atoms with Crippen molar-refractivity contribution in [3.8, 4) is 11.5 Å². The van der Waals surface area contributed by atoms with E-state index < -0.39 is 17.6 Å². The molecule has 0 radical (unpaired) electrons. The number of nitrogens with one attached hydrogen (secondary N) is 1. The molecular weight excluding hydrogens is 423 g/mol. The van der Waals surface area contributed by atoms with E-state index in [9.17, 15) is 14.0 Å². The van der Waals surface area contributed by atoms with Gasteiger partial charge in [0, 0.05) is 5.69 Å². The van der Waals surface area contributed by atoms with Gasteiger partial charge in [-0.2, -0.15) is 0 Å². The summed E-state index contributed by atoms with van der Waals surface area (Å²) in [6.45, 7) is 3.96. The molecule has 4 rings (SSSR count). The highest BCUT2D eigenvalue weighted by Gasteiger charge is 2.40. The summed E-state index contributed by atoms with van der Waals surface area (Å²) < 4.78 is 24.1. The van der Waals surface area contributed by atoms with Crippen molar-refractivity contribution in [2.45, 2.75) is 13.8 Å². The van der Waals surface area contributed by atoms with Gasteiger partial charge in [-0.25, -0.2) is 9.29 Å². The number of hydrogen-bond donors (Lipinski definition) is 1. The Bertz CT molecular complexity index is 1280. The van der Waals surface area contributed by atoms with E-state index >= 15 is 0 Å². The summed E-state index contributed by atoms with van der Waals surface area (Å²) in [4.78, 5) is 28.0. The monoisotopic (exact) mass is 446 g/mol. The molecule has 0 bridgehead atoms. The second-order valence-corrected chi connectivity index (χ2v) is 7.67. The van der Waals surface area contributed by atoms with Crippen LogP contribution in [-0.2, 0) is 9.59 Å². The molecule has 0 unspecified atom stereocenters. The Kier molecular flexibility index (Phi) is 5.87. The number of hydrogen-bond acceptors (Lipinski definition) is 5. The second kappa shape index (κ2) is 8.78. The lowest BCUT2D eigenvalue weighted by molar-refractivity contribution is -0.120. The Morgan fingerprint density at radius 2 is 1.48 bits per heavy atom. The van der Waals surface area contributed by atoms with E-state index in [1.807, 2.05) is 32.0 Å². The summed E-state index contributed by atoms with van der Waals surface area (Å²) >= 11 is 0. The molecule has 1 N–H and O–H groups in total. The maximum absolute atomic E-state index is 13.5. The molecule has 1 aliphatic heterocycles. The van der Waals surface area contributed by atoms with Gasteiger partial charge in [-0.05, 0) is 79.1 Å². The highest BCUT2D eigenvalue weighted by atomic mass is 19.1. The number of carbonyl (C=O) groups excluding carboxylic acids is 2. The van der Waals surface area contributed by atoms with Crippen LogP contribution in [0.1, 0.15) is 16.7 Å². The number of nitrogens with zero attached hydrogens (tertiary/aromatic N) is 1. The van der Waals surface area contributed by atoms with Crippen LogP contribution in [0, 0.1) is 19.7 Å². The molecule has 0 saturated heterocycles. The molecule has 0 aromatic heterocycles. The first-order chi connectivity index (χ1) is 15.8. The number of halogens is 1. The molecule has 0 atom stereocenters. The third-order valence-electron chi connectivity index (χ3n) is 5.62. The van der Waals surface area contributed by atoms with Gasteiger partial charge in [0.1, 0.15) is 11.5 Å². The van der Waals surface area contributed by atoms with Gasteiger partial charge in [0.2, 0.25) is 0 Å². The number of amides is 2. The lowest BCUT2D eigenvalue weighted by atomic mass is 10.0. The van der Waals surface area contributed by atoms with Gasteiger partial charge in [-0.3, -0.25) is 9.59 Å². The first-order valence-corrected chi connectivity index (χ1v) is 10.3. The number of aryl methyl sites for hydroxylation is 2. The number of carbonyl (C=O) groups is 2. The molecule has 3 aromatic carbocycles. The third kappa shape index (κ3) is 4.05. The molecule has 168 valence electrons. The smallest absolute Gasteiger partial charge is 0.282 e. The summed E-state index contributed by atoms with van der Waals surface area (Å²) in [6, 6.07) is 15.9. The fourth-order valence-corrected chi connectivity index (χ4v) is 3.69. The van der Waals surface area contributed by atoms with Crippen LogP contribution in [-0.4, -0.2) is 26.0 Å². The van der Waals surface area contributed by atoms with Crippen molar-refractivity contribution in [1.82, 2.24) is 0 Å². The van der Waals surface area contributed by atoms with Crippen molar-refractivity contribution in [2.24, 2.45) is 0 Å². The van der Waals surface area contributed by atoms with Gasteiger partial charge in [0.25, 0.3) is 11.8 Å². The molecule has 0 spiro atoms. The summed E-state index contributed by atoms with van der Waals surface area (Å²) in [6.07, 6.45) is 0. The lowest BCUT2D eigenvalue weighted by Crippen LogP contribution is -2.32. The number of benzene rings is 3. The maximum Gasteiger partial charge on any atom is 0.282 e. The number of ether oxygens (including phenoxy) is 2. The van der Waals surface area contributed by atoms with Crippen LogP contribution in [0.25, 0.3) is 5.57 Å². The fourth-order valence-electron chi connectivity index (χ4n) is 3.69. The minimum atomic E-state index is -0.533. The quantitative estimate of drug-likeness (QED) is 0.548. The van der Waals surface area contributed by atoms with E-state index in [0.29, 0.717) is 22.7 Å². The number of methoxy groups -OCH3 is 2. The van der Waals surface area contributed by atoms with Gasteiger partial charge >= 0.3 is 0 Å². The Morgan fingerprint density at radius 3 is 2.12 bits per heavy atom. The van der Waals surface area contributed by atoms with Crippen molar-refractivity contribution in [1.29, 1.82) is 0 Å². The molecule has 2 amide bonds. The first kappa shape index (κ1) is 22.1. The van der Waals surface area contributed by atoms with E-state index in [0.717, 1.165) is 16.0 Å². The zero-order valence-corrected chi connectivity index (χ0v) is 18.7. The van der Waals surface area contributed by atoms with Crippen LogP contribution in [0.4, 0.5) is 15.8 Å². The predicted molar refractivity (Wildman–Crippen MR) is 125 cm³/mol. The van der Waals surface area contributed by atoms with Gasteiger partial charge in [-0.1, -0.05) is 12.1 Å². The topological polar surface area (TPSA) is 67.9 Å². The Labute approximate surface area is 191 Å². The van der Waals surface area contributed by atoms with E-state index in [-0.39, 0.29) is 17.0 Å². The molecule has 3 aromatic rings. The van der Waals surface area contributed by atoms with Crippen LogP contribution in [0.3, 0.4) is 0 Å². The SMILES string of the molecule is COc1ccc(C2=C(Nc3ccc(C)c(C)c3)C(=O)N(c3ccc(F)cc3)C2=O)cc1OC. The maximum atomic E-state index is 13.5. The Morgan fingerprint density at radius 1 is 0.788 bits per heavy atom. The van der Waals surface area contributed by atoms with Crippen molar-refractivity contribution < 1.29 is 23.5 Å². The highest BCUT2D eigenvalue weighted by molar-refractivity contribution is 6.46. The van der Waals surface area contributed by atoms with E-state index in [1.165, 1.54) is 38.5 Å². The average Bonchev–Trinajstić information content (AvgIpc) is 3.05. The zero-order valence-electron chi connectivity index (χ0n) is 18.7. The van der Waals surface area contributed by atoms with E-state index in [1.54, 1.807) is 18.2 Å². The molecule has 6 nitrogen and oxygen atoms in total. The number of anilines is 2. The second-order valence-electron chi connectivity index (χ2n) is 7.67. The summed E-state index contributed by atoms with van der Waals surface area (Å²) in [5.74, 6) is -0.592. The standard InChI is InChI=1S/C26H23FN2O4/c1-15-5-9-19(13-16(15)2)28-24-23(17-6-12-21(32-3)22(14-17)33-4)25(30)29(26(24)31)20-10-7-18(27)8-11-20/h5-14,28H,1-4H3. The minimum absolute atomic E-state index is 0.125. The summed E-state index contributed by atoms with van der Waals surface area (Å²) in [7, 11) is 3.01. The Hall–Kier alpha value is -4.13. The zero-order chi connectivity index (χ0) is 23.7. The number of rotatable bonds is 6. The van der Waals surface area contributed by atoms with Crippen LogP contribution >= 0.6 is 0 Å². The summed E-state index contributed by atoms with van der Waals surface area (Å²) in [5, 5.41) is 3.14. The molecule has 33 heavy (non-hydrogen) atoms. The van der Waals surface area contributed by atoms with Gasteiger partial charge < -0.3 is 14.8 Å². The molecule has 7 heteroatoms. The third-order valence-corrected chi connectivity index (χ3v) is 5.62. The number of imide groups is 1.